The molecule has 6 heteroatoms. The van der Waals surface area contributed by atoms with Gasteiger partial charge in [0.2, 0.25) is 0 Å². The van der Waals surface area contributed by atoms with Crippen molar-refractivity contribution in [1.82, 2.24) is 5.32 Å². The van der Waals surface area contributed by atoms with Gasteiger partial charge in [-0.05, 0) is 12.8 Å². The second-order valence-electron chi connectivity index (χ2n) is 3.11. The third-order valence-electron chi connectivity index (χ3n) is 1.91. The van der Waals surface area contributed by atoms with E-state index in [1.165, 1.54) is 12.2 Å². The van der Waals surface area contributed by atoms with Crippen LogP contribution < -0.4 is 5.32 Å². The molecular weight excluding hydrogens is 199 g/mol. The highest BCUT2D eigenvalue weighted by Gasteiger charge is 2.39. The van der Waals surface area contributed by atoms with Crippen LogP contribution in [0, 0.1) is 0 Å². The molecule has 0 aromatic heterocycles. The van der Waals surface area contributed by atoms with Gasteiger partial charge in [0.25, 0.3) is 0 Å². The molecule has 0 heterocycles. The first-order chi connectivity index (χ1) is 6.39. The fraction of sp³-hybridized carbons (Fsp3) is 0.625. The molecule has 1 amide bonds. The van der Waals surface area contributed by atoms with Crippen LogP contribution in [0.3, 0.4) is 0 Å². The summed E-state index contributed by atoms with van der Waals surface area (Å²) in [6, 6.07) is -0.632. The van der Waals surface area contributed by atoms with Crippen LogP contribution in [0.2, 0.25) is 0 Å². The van der Waals surface area contributed by atoms with Gasteiger partial charge in [-0.3, -0.25) is 4.79 Å². The van der Waals surface area contributed by atoms with Gasteiger partial charge in [-0.25, -0.2) is 0 Å². The van der Waals surface area contributed by atoms with E-state index in [1.807, 2.05) is 5.32 Å². The molecule has 0 fully saturated rings. The zero-order chi connectivity index (χ0) is 10.8. The van der Waals surface area contributed by atoms with E-state index in [1.54, 1.807) is 0 Å². The summed E-state index contributed by atoms with van der Waals surface area (Å²) in [6.45, 7) is 0. The summed E-state index contributed by atoms with van der Waals surface area (Å²) in [7, 11) is 0. The van der Waals surface area contributed by atoms with Gasteiger partial charge >= 0.3 is 12.1 Å². The topological polar surface area (TPSA) is 49.3 Å². The van der Waals surface area contributed by atoms with E-state index in [9.17, 15) is 18.0 Å². The van der Waals surface area contributed by atoms with Crippen LogP contribution in [0.15, 0.2) is 12.2 Å². The van der Waals surface area contributed by atoms with Gasteiger partial charge in [0.15, 0.2) is 0 Å². The first kappa shape index (κ1) is 11.0. The summed E-state index contributed by atoms with van der Waals surface area (Å²) in [5.74, 6) is -1.94. The quantitative estimate of drug-likeness (QED) is 0.626. The van der Waals surface area contributed by atoms with Crippen LogP contribution >= 0.6 is 0 Å². The summed E-state index contributed by atoms with van der Waals surface area (Å²) in [5, 5.41) is 10.8. The van der Waals surface area contributed by atoms with Crippen LogP contribution in [0.4, 0.5) is 13.2 Å². The van der Waals surface area contributed by atoms with Gasteiger partial charge in [-0.15, -0.1) is 0 Å². The minimum atomic E-state index is -4.84. The van der Waals surface area contributed by atoms with E-state index in [4.69, 9.17) is 5.11 Å². The van der Waals surface area contributed by atoms with E-state index >= 15 is 0 Å². The van der Waals surface area contributed by atoms with Crippen LogP contribution in [0.1, 0.15) is 12.8 Å². The van der Waals surface area contributed by atoms with Gasteiger partial charge in [-0.2, -0.15) is 13.2 Å². The van der Waals surface area contributed by atoms with Crippen molar-refractivity contribution < 1.29 is 23.1 Å². The predicted octanol–water partition coefficient (Wildman–Crippen LogP) is 0.744. The SMILES string of the molecule is O=C(NC1C=CC(O)CC1)C(F)(F)F. The Balaban J connectivity index is 2.46. The molecule has 2 N–H and O–H groups in total. The highest BCUT2D eigenvalue weighted by atomic mass is 19.4. The fourth-order valence-electron chi connectivity index (χ4n) is 1.18. The zero-order valence-electron chi connectivity index (χ0n) is 7.21. The third-order valence-corrected chi connectivity index (χ3v) is 1.91. The number of aliphatic hydroxyl groups excluding tert-OH is 1. The molecule has 1 aliphatic carbocycles. The first-order valence-corrected chi connectivity index (χ1v) is 4.13. The molecule has 0 aromatic carbocycles. The molecule has 0 spiro atoms. The van der Waals surface area contributed by atoms with Gasteiger partial charge in [-0.1, -0.05) is 12.2 Å². The van der Waals surface area contributed by atoms with E-state index in [0.29, 0.717) is 12.8 Å². The standard InChI is InChI=1S/C8H10F3NO2/c9-8(10,11)7(14)12-5-1-3-6(13)4-2-5/h1,3,5-6,13H,2,4H2,(H,12,14). The van der Waals surface area contributed by atoms with Crippen molar-refractivity contribution in [3.63, 3.8) is 0 Å². The largest absolute Gasteiger partial charge is 0.471 e. The lowest BCUT2D eigenvalue weighted by Crippen LogP contribution is -2.43. The Morgan fingerprint density at radius 3 is 2.43 bits per heavy atom. The second-order valence-corrected chi connectivity index (χ2v) is 3.11. The molecule has 2 unspecified atom stereocenters. The third kappa shape index (κ3) is 3.02. The summed E-state index contributed by atoms with van der Waals surface area (Å²) in [4.78, 5) is 10.5. The van der Waals surface area contributed by atoms with E-state index in [2.05, 4.69) is 0 Å². The highest BCUT2D eigenvalue weighted by Crippen LogP contribution is 2.17. The molecule has 0 aromatic rings. The number of hydrogen-bond donors (Lipinski definition) is 2. The maximum atomic E-state index is 11.8. The van der Waals surface area contributed by atoms with Gasteiger partial charge in [0, 0.05) is 6.04 Å². The van der Waals surface area contributed by atoms with Crippen molar-refractivity contribution in [2.24, 2.45) is 0 Å². The second kappa shape index (κ2) is 4.00. The predicted molar refractivity (Wildman–Crippen MR) is 42.4 cm³/mol. The molecule has 1 aliphatic rings. The van der Waals surface area contributed by atoms with Gasteiger partial charge in [0.05, 0.1) is 6.10 Å². The molecule has 2 atom stereocenters. The summed E-state index contributed by atoms with van der Waals surface area (Å²) in [6.07, 6.45) is -2.03. The summed E-state index contributed by atoms with van der Waals surface area (Å²) >= 11 is 0. The van der Waals surface area contributed by atoms with Crippen molar-refractivity contribution in [3.8, 4) is 0 Å². The molecule has 0 saturated carbocycles. The average Bonchev–Trinajstić information content (AvgIpc) is 2.07. The molecular formula is C8H10F3NO2. The number of rotatable bonds is 1. The van der Waals surface area contributed by atoms with Crippen molar-refractivity contribution >= 4 is 5.91 Å². The Hall–Kier alpha value is -1.04. The fourth-order valence-corrected chi connectivity index (χ4v) is 1.18. The normalized spacial score (nSPS) is 27.4. The summed E-state index contributed by atoms with van der Waals surface area (Å²) in [5.41, 5.74) is 0. The Morgan fingerprint density at radius 1 is 1.36 bits per heavy atom. The molecule has 0 aliphatic heterocycles. The number of aliphatic hydroxyl groups is 1. The minimum absolute atomic E-state index is 0.319. The lowest BCUT2D eigenvalue weighted by atomic mass is 10.0. The van der Waals surface area contributed by atoms with Crippen molar-refractivity contribution in [2.75, 3.05) is 0 Å². The lowest BCUT2D eigenvalue weighted by Gasteiger charge is -2.21. The number of alkyl halides is 3. The Bertz CT molecular complexity index is 249. The Kier molecular flexibility index (Phi) is 3.15. The summed E-state index contributed by atoms with van der Waals surface area (Å²) < 4.78 is 35.4. The molecule has 3 nitrogen and oxygen atoms in total. The van der Waals surface area contributed by atoms with Crippen molar-refractivity contribution in [1.29, 1.82) is 0 Å². The smallest absolute Gasteiger partial charge is 0.389 e. The van der Waals surface area contributed by atoms with Crippen molar-refractivity contribution in [2.45, 2.75) is 31.2 Å². The van der Waals surface area contributed by atoms with Crippen molar-refractivity contribution in [3.05, 3.63) is 12.2 Å². The highest BCUT2D eigenvalue weighted by molar-refractivity contribution is 5.82. The maximum absolute atomic E-state index is 11.8. The lowest BCUT2D eigenvalue weighted by molar-refractivity contribution is -0.174. The molecule has 80 valence electrons. The van der Waals surface area contributed by atoms with E-state index in [0.717, 1.165) is 0 Å². The molecule has 14 heavy (non-hydrogen) atoms. The number of nitrogens with one attached hydrogen (secondary N) is 1. The van der Waals surface area contributed by atoms with E-state index < -0.39 is 24.2 Å². The Labute approximate surface area is 78.6 Å². The van der Waals surface area contributed by atoms with Crippen LogP contribution in [0.25, 0.3) is 0 Å². The van der Waals surface area contributed by atoms with Crippen LogP contribution in [0.5, 0.6) is 0 Å². The number of hydrogen-bond acceptors (Lipinski definition) is 2. The number of carbonyl (C=O) groups is 1. The molecule has 1 rings (SSSR count). The molecule has 0 bridgehead atoms. The molecule has 0 saturated heterocycles. The van der Waals surface area contributed by atoms with Crippen LogP contribution in [-0.2, 0) is 4.79 Å². The zero-order valence-corrected chi connectivity index (χ0v) is 7.21. The number of halogens is 3. The van der Waals surface area contributed by atoms with Crippen LogP contribution in [-0.4, -0.2) is 29.3 Å². The van der Waals surface area contributed by atoms with Gasteiger partial charge < -0.3 is 10.4 Å². The maximum Gasteiger partial charge on any atom is 0.471 e. The molecule has 0 radical (unpaired) electrons. The number of carbonyl (C=O) groups excluding carboxylic acids is 1. The Morgan fingerprint density at radius 2 is 2.00 bits per heavy atom. The van der Waals surface area contributed by atoms with E-state index in [-0.39, 0.29) is 0 Å². The first-order valence-electron chi connectivity index (χ1n) is 4.13. The number of amides is 1. The average molecular weight is 209 g/mol. The van der Waals surface area contributed by atoms with Gasteiger partial charge in [0.1, 0.15) is 0 Å². The minimum Gasteiger partial charge on any atom is -0.389 e. The monoisotopic (exact) mass is 209 g/mol.